The highest BCUT2D eigenvalue weighted by Gasteiger charge is 2.26. The first-order valence-electron chi connectivity index (χ1n) is 7.04. The third-order valence-corrected chi connectivity index (χ3v) is 3.79. The van der Waals surface area contributed by atoms with E-state index >= 15 is 0 Å². The number of aliphatic hydroxyl groups is 1. The summed E-state index contributed by atoms with van der Waals surface area (Å²) in [5.41, 5.74) is 1.03. The molecule has 0 bridgehead atoms. The molecule has 0 aliphatic carbocycles. The van der Waals surface area contributed by atoms with Crippen LogP contribution in [0.15, 0.2) is 16.8 Å². The Morgan fingerprint density at radius 1 is 1.42 bits per heavy atom. The van der Waals surface area contributed by atoms with Crippen LogP contribution in [0.1, 0.15) is 26.2 Å². The van der Waals surface area contributed by atoms with E-state index in [2.05, 4.69) is 16.0 Å². The second-order valence-electron chi connectivity index (χ2n) is 5.17. The molecule has 2 heterocycles. The summed E-state index contributed by atoms with van der Waals surface area (Å²) in [6, 6.07) is 0.121. The standard InChI is InChI=1S/C14H23N3O2/c1-12-3-2-4-13(11-15-12)17-8-7-16(9-10-18)6-5-14(17)19/h3,11,13,18H,2,4-10H2,1H3. The Morgan fingerprint density at radius 2 is 2.26 bits per heavy atom. The highest BCUT2D eigenvalue weighted by Crippen LogP contribution is 2.15. The lowest BCUT2D eigenvalue weighted by molar-refractivity contribution is -0.131. The predicted octanol–water partition coefficient (Wildman–Crippen LogP) is 0.650. The van der Waals surface area contributed by atoms with E-state index in [9.17, 15) is 4.79 Å². The monoisotopic (exact) mass is 265 g/mol. The summed E-state index contributed by atoms with van der Waals surface area (Å²) in [5, 5.41) is 8.99. The number of allylic oxidation sites excluding steroid dienone is 2. The number of nitrogens with zero attached hydrogens (tertiary/aromatic N) is 3. The molecule has 1 fully saturated rings. The summed E-state index contributed by atoms with van der Waals surface area (Å²) >= 11 is 0. The topological polar surface area (TPSA) is 56.1 Å². The van der Waals surface area contributed by atoms with Gasteiger partial charge in [0.05, 0.1) is 12.6 Å². The Kier molecular flexibility index (Phi) is 5.10. The van der Waals surface area contributed by atoms with E-state index in [1.165, 1.54) is 0 Å². The molecule has 2 aliphatic rings. The smallest absolute Gasteiger partial charge is 0.224 e. The molecule has 1 N–H and O–H groups in total. The first-order valence-corrected chi connectivity index (χ1v) is 7.04. The van der Waals surface area contributed by atoms with Crippen molar-refractivity contribution in [2.75, 3.05) is 32.8 Å². The molecule has 0 spiro atoms. The zero-order valence-corrected chi connectivity index (χ0v) is 11.6. The molecule has 0 aromatic heterocycles. The van der Waals surface area contributed by atoms with Crippen LogP contribution in [-0.4, -0.2) is 65.9 Å². The number of hydrogen-bond acceptors (Lipinski definition) is 4. The molecule has 5 nitrogen and oxygen atoms in total. The van der Waals surface area contributed by atoms with Gasteiger partial charge >= 0.3 is 0 Å². The maximum Gasteiger partial charge on any atom is 0.224 e. The van der Waals surface area contributed by atoms with Crippen LogP contribution in [0.3, 0.4) is 0 Å². The lowest BCUT2D eigenvalue weighted by Crippen LogP contribution is -2.42. The molecule has 2 rings (SSSR count). The van der Waals surface area contributed by atoms with Gasteiger partial charge in [0.1, 0.15) is 0 Å². The van der Waals surface area contributed by atoms with Crippen molar-refractivity contribution in [3.8, 4) is 0 Å². The van der Waals surface area contributed by atoms with Crippen molar-refractivity contribution in [2.24, 2.45) is 4.99 Å². The molecule has 1 unspecified atom stereocenters. The quantitative estimate of drug-likeness (QED) is 0.815. The second kappa shape index (κ2) is 6.82. The molecule has 1 saturated heterocycles. The molecular weight excluding hydrogens is 242 g/mol. The van der Waals surface area contributed by atoms with Crippen LogP contribution in [0.25, 0.3) is 0 Å². The summed E-state index contributed by atoms with van der Waals surface area (Å²) in [5.74, 6) is 0.205. The number of carbonyl (C=O) groups excluding carboxylic acids is 1. The molecule has 19 heavy (non-hydrogen) atoms. The van der Waals surface area contributed by atoms with Crippen molar-refractivity contribution < 1.29 is 9.90 Å². The van der Waals surface area contributed by atoms with Crippen LogP contribution < -0.4 is 0 Å². The normalized spacial score (nSPS) is 26.0. The van der Waals surface area contributed by atoms with E-state index in [-0.39, 0.29) is 18.6 Å². The van der Waals surface area contributed by atoms with Crippen molar-refractivity contribution in [1.82, 2.24) is 9.80 Å². The number of amides is 1. The van der Waals surface area contributed by atoms with Crippen molar-refractivity contribution in [2.45, 2.75) is 32.2 Å². The van der Waals surface area contributed by atoms with Crippen molar-refractivity contribution in [3.63, 3.8) is 0 Å². The van der Waals surface area contributed by atoms with E-state index in [1.807, 2.05) is 18.0 Å². The van der Waals surface area contributed by atoms with Gasteiger partial charge in [0.15, 0.2) is 0 Å². The Balaban J connectivity index is 1.99. The van der Waals surface area contributed by atoms with Gasteiger partial charge in [0, 0.05) is 44.5 Å². The first kappa shape index (κ1) is 14.2. The fraction of sp³-hybridized carbons (Fsp3) is 0.714. The number of rotatable bonds is 3. The van der Waals surface area contributed by atoms with E-state index in [0.717, 1.165) is 38.2 Å². The zero-order valence-electron chi connectivity index (χ0n) is 11.6. The van der Waals surface area contributed by atoms with Crippen LogP contribution in [0.5, 0.6) is 0 Å². The fourth-order valence-electron chi connectivity index (χ4n) is 2.63. The van der Waals surface area contributed by atoms with Gasteiger partial charge in [-0.15, -0.1) is 0 Å². The number of hydrogen-bond donors (Lipinski definition) is 1. The summed E-state index contributed by atoms with van der Waals surface area (Å²) < 4.78 is 0. The second-order valence-corrected chi connectivity index (χ2v) is 5.17. The van der Waals surface area contributed by atoms with Crippen LogP contribution in [0, 0.1) is 0 Å². The predicted molar refractivity (Wildman–Crippen MR) is 75.1 cm³/mol. The zero-order chi connectivity index (χ0) is 13.7. The molecule has 1 amide bonds. The Labute approximate surface area is 114 Å². The summed E-state index contributed by atoms with van der Waals surface area (Å²) in [4.78, 5) is 20.7. The van der Waals surface area contributed by atoms with Gasteiger partial charge < -0.3 is 10.0 Å². The minimum absolute atomic E-state index is 0.121. The molecule has 106 valence electrons. The van der Waals surface area contributed by atoms with Gasteiger partial charge in [-0.05, 0) is 19.8 Å². The first-order chi connectivity index (χ1) is 9.20. The highest BCUT2D eigenvalue weighted by molar-refractivity contribution is 5.81. The van der Waals surface area contributed by atoms with Gasteiger partial charge in [0.25, 0.3) is 0 Å². The molecule has 5 heteroatoms. The number of β-amino-alcohol motifs (C(OH)–C–C–N with tert-alkyl or cyclic N) is 1. The maximum atomic E-state index is 12.2. The molecule has 1 atom stereocenters. The molecular formula is C14H23N3O2. The third kappa shape index (κ3) is 3.88. The van der Waals surface area contributed by atoms with Gasteiger partial charge in [-0.25, -0.2) is 0 Å². The summed E-state index contributed by atoms with van der Waals surface area (Å²) in [6.07, 6.45) is 6.50. The molecule has 0 radical (unpaired) electrons. The van der Waals surface area contributed by atoms with Crippen molar-refractivity contribution >= 4 is 12.1 Å². The van der Waals surface area contributed by atoms with Crippen molar-refractivity contribution in [1.29, 1.82) is 0 Å². The lowest BCUT2D eigenvalue weighted by atomic mass is 10.1. The van der Waals surface area contributed by atoms with E-state index < -0.39 is 0 Å². The molecule has 0 aromatic rings. The molecule has 0 aromatic carbocycles. The number of aliphatic hydroxyl groups excluding tert-OH is 1. The Morgan fingerprint density at radius 3 is 3.05 bits per heavy atom. The minimum Gasteiger partial charge on any atom is -0.395 e. The van der Waals surface area contributed by atoms with Crippen LogP contribution >= 0.6 is 0 Å². The van der Waals surface area contributed by atoms with Crippen LogP contribution in [0.4, 0.5) is 0 Å². The molecule has 0 saturated carbocycles. The molecule has 2 aliphatic heterocycles. The van der Waals surface area contributed by atoms with E-state index in [4.69, 9.17) is 5.11 Å². The fourth-order valence-corrected chi connectivity index (χ4v) is 2.63. The van der Waals surface area contributed by atoms with Gasteiger partial charge in [-0.2, -0.15) is 0 Å². The maximum absolute atomic E-state index is 12.2. The lowest BCUT2D eigenvalue weighted by Gasteiger charge is -2.27. The van der Waals surface area contributed by atoms with Crippen LogP contribution in [0.2, 0.25) is 0 Å². The summed E-state index contributed by atoms with van der Waals surface area (Å²) in [7, 11) is 0. The van der Waals surface area contributed by atoms with E-state index in [0.29, 0.717) is 13.0 Å². The van der Waals surface area contributed by atoms with E-state index in [1.54, 1.807) is 0 Å². The van der Waals surface area contributed by atoms with Crippen molar-refractivity contribution in [3.05, 3.63) is 11.8 Å². The summed E-state index contributed by atoms with van der Waals surface area (Å²) in [6.45, 7) is 5.11. The minimum atomic E-state index is 0.121. The Bertz CT molecular complexity index is 379. The average Bonchev–Trinajstić information content (AvgIpc) is 2.70. The SMILES string of the molecule is CC1=CCCC(N2CCN(CCO)CCC2=O)C=N1. The average molecular weight is 265 g/mol. The van der Waals surface area contributed by atoms with Gasteiger partial charge in [-0.3, -0.25) is 14.7 Å². The third-order valence-electron chi connectivity index (χ3n) is 3.79. The largest absolute Gasteiger partial charge is 0.395 e. The Hall–Kier alpha value is -1.20. The van der Waals surface area contributed by atoms with Gasteiger partial charge in [-0.1, -0.05) is 6.08 Å². The van der Waals surface area contributed by atoms with Crippen LogP contribution in [-0.2, 0) is 4.79 Å². The highest BCUT2D eigenvalue weighted by atomic mass is 16.3. The number of carbonyl (C=O) groups is 1. The van der Waals surface area contributed by atoms with Gasteiger partial charge in [0.2, 0.25) is 5.91 Å². The number of aliphatic imine (C=N–C) groups is 1.